The number of hydrogen-bond acceptors (Lipinski definition) is 4. The van der Waals surface area contributed by atoms with Crippen LogP contribution in [0.4, 0.5) is 0 Å². The van der Waals surface area contributed by atoms with Gasteiger partial charge in [0.2, 0.25) is 5.91 Å². The second-order valence-electron chi connectivity index (χ2n) is 4.58. The number of methoxy groups -OCH3 is 2. The van der Waals surface area contributed by atoms with Crippen molar-refractivity contribution >= 4 is 5.91 Å². The van der Waals surface area contributed by atoms with Crippen molar-refractivity contribution < 1.29 is 14.3 Å². The van der Waals surface area contributed by atoms with Gasteiger partial charge in [-0.3, -0.25) is 4.79 Å². The van der Waals surface area contributed by atoms with E-state index in [-0.39, 0.29) is 18.0 Å². The first-order valence-corrected chi connectivity index (χ1v) is 6.24. The second kappa shape index (κ2) is 6.99. The monoisotopic (exact) mass is 266 g/mol. The average Bonchev–Trinajstić information content (AvgIpc) is 2.36. The van der Waals surface area contributed by atoms with E-state index in [9.17, 15) is 4.79 Å². The molecule has 2 unspecified atom stereocenters. The number of nitrogens with one attached hydrogen (secondary N) is 1. The van der Waals surface area contributed by atoms with Gasteiger partial charge in [-0.05, 0) is 26.0 Å². The quantitative estimate of drug-likeness (QED) is 0.820. The van der Waals surface area contributed by atoms with Gasteiger partial charge in [-0.1, -0.05) is 0 Å². The molecule has 0 radical (unpaired) electrons. The van der Waals surface area contributed by atoms with Crippen molar-refractivity contribution in [1.82, 2.24) is 5.32 Å². The van der Waals surface area contributed by atoms with E-state index in [1.807, 2.05) is 19.1 Å². The van der Waals surface area contributed by atoms with E-state index in [2.05, 4.69) is 5.32 Å². The minimum absolute atomic E-state index is 0.0691. The van der Waals surface area contributed by atoms with E-state index >= 15 is 0 Å². The first-order valence-electron chi connectivity index (χ1n) is 6.24. The molecule has 1 rings (SSSR count). The van der Waals surface area contributed by atoms with Crippen molar-refractivity contribution in [3.05, 3.63) is 23.8 Å². The maximum Gasteiger partial charge on any atom is 0.222 e. The Kier molecular flexibility index (Phi) is 5.63. The number of rotatable bonds is 6. The molecule has 0 spiro atoms. The van der Waals surface area contributed by atoms with Crippen LogP contribution in [-0.4, -0.2) is 26.2 Å². The van der Waals surface area contributed by atoms with Crippen LogP contribution in [0.5, 0.6) is 11.5 Å². The highest BCUT2D eigenvalue weighted by Gasteiger charge is 2.15. The molecule has 0 bridgehead atoms. The van der Waals surface area contributed by atoms with Crippen LogP contribution < -0.4 is 20.5 Å². The van der Waals surface area contributed by atoms with E-state index in [0.717, 1.165) is 11.3 Å². The fraction of sp³-hybridized carbons (Fsp3) is 0.500. The maximum atomic E-state index is 11.7. The van der Waals surface area contributed by atoms with Crippen LogP contribution in [0.2, 0.25) is 0 Å². The van der Waals surface area contributed by atoms with Crippen LogP contribution in [0.1, 0.15) is 31.9 Å². The number of carbonyl (C=O) groups is 1. The largest absolute Gasteiger partial charge is 0.497 e. The average molecular weight is 266 g/mol. The minimum Gasteiger partial charge on any atom is -0.497 e. The molecule has 0 aliphatic carbocycles. The molecular formula is C14H22N2O3. The summed E-state index contributed by atoms with van der Waals surface area (Å²) in [5.41, 5.74) is 6.50. The third kappa shape index (κ3) is 4.44. The Bertz CT molecular complexity index is 433. The summed E-state index contributed by atoms with van der Waals surface area (Å²) >= 11 is 0. The molecule has 2 atom stereocenters. The van der Waals surface area contributed by atoms with Crippen LogP contribution in [0.15, 0.2) is 18.2 Å². The Hall–Kier alpha value is -1.75. The SMILES string of the molecule is COc1ccc(C(C)NC(=O)CC(C)N)c(OC)c1. The van der Waals surface area contributed by atoms with E-state index < -0.39 is 0 Å². The lowest BCUT2D eigenvalue weighted by Crippen LogP contribution is -2.31. The molecule has 0 aromatic heterocycles. The number of nitrogens with two attached hydrogens (primary N) is 1. The van der Waals surface area contributed by atoms with Crippen molar-refractivity contribution in [3.8, 4) is 11.5 Å². The minimum atomic E-state index is -0.148. The molecule has 0 aliphatic rings. The first kappa shape index (κ1) is 15.3. The molecule has 5 heteroatoms. The smallest absolute Gasteiger partial charge is 0.222 e. The van der Waals surface area contributed by atoms with Gasteiger partial charge < -0.3 is 20.5 Å². The zero-order chi connectivity index (χ0) is 14.4. The molecule has 0 aliphatic heterocycles. The fourth-order valence-electron chi connectivity index (χ4n) is 1.85. The zero-order valence-electron chi connectivity index (χ0n) is 11.9. The third-order valence-electron chi connectivity index (χ3n) is 2.79. The summed E-state index contributed by atoms with van der Waals surface area (Å²) in [6.07, 6.45) is 0.308. The molecule has 1 aromatic carbocycles. The lowest BCUT2D eigenvalue weighted by molar-refractivity contribution is -0.122. The van der Waals surface area contributed by atoms with E-state index in [4.69, 9.17) is 15.2 Å². The molecule has 1 aromatic rings. The Labute approximate surface area is 114 Å². The van der Waals surface area contributed by atoms with Crippen molar-refractivity contribution in [2.45, 2.75) is 32.4 Å². The van der Waals surface area contributed by atoms with Gasteiger partial charge in [-0.2, -0.15) is 0 Å². The zero-order valence-corrected chi connectivity index (χ0v) is 11.9. The summed E-state index contributed by atoms with van der Waals surface area (Å²) in [7, 11) is 3.19. The molecule has 19 heavy (non-hydrogen) atoms. The van der Waals surface area contributed by atoms with Gasteiger partial charge in [0, 0.05) is 24.1 Å². The molecule has 106 valence electrons. The Morgan fingerprint density at radius 2 is 2.00 bits per heavy atom. The number of amides is 1. The molecule has 0 saturated carbocycles. The Balaban J connectivity index is 2.81. The van der Waals surface area contributed by atoms with Gasteiger partial charge in [0.15, 0.2) is 0 Å². The predicted octanol–water partition coefficient (Wildman–Crippen LogP) is 1.62. The highest BCUT2D eigenvalue weighted by atomic mass is 16.5. The third-order valence-corrected chi connectivity index (χ3v) is 2.79. The van der Waals surface area contributed by atoms with Crippen molar-refractivity contribution in [1.29, 1.82) is 0 Å². The van der Waals surface area contributed by atoms with Crippen molar-refractivity contribution in [2.24, 2.45) is 5.73 Å². The summed E-state index contributed by atoms with van der Waals surface area (Å²) in [6, 6.07) is 5.22. The van der Waals surface area contributed by atoms with Gasteiger partial charge in [-0.15, -0.1) is 0 Å². The molecule has 0 saturated heterocycles. The molecule has 0 heterocycles. The summed E-state index contributed by atoms with van der Waals surface area (Å²) < 4.78 is 10.5. The number of benzene rings is 1. The second-order valence-corrected chi connectivity index (χ2v) is 4.58. The molecular weight excluding hydrogens is 244 g/mol. The van der Waals surface area contributed by atoms with Crippen LogP contribution in [0, 0.1) is 0 Å². The number of carbonyl (C=O) groups excluding carboxylic acids is 1. The lowest BCUT2D eigenvalue weighted by Gasteiger charge is -2.18. The molecule has 5 nitrogen and oxygen atoms in total. The van der Waals surface area contributed by atoms with E-state index in [0.29, 0.717) is 12.2 Å². The fourth-order valence-corrected chi connectivity index (χ4v) is 1.85. The highest BCUT2D eigenvalue weighted by molar-refractivity contribution is 5.77. The summed E-state index contributed by atoms with van der Waals surface area (Å²) in [4.78, 5) is 11.7. The molecule has 0 fully saturated rings. The van der Waals surface area contributed by atoms with E-state index in [1.54, 1.807) is 27.2 Å². The van der Waals surface area contributed by atoms with Crippen LogP contribution >= 0.6 is 0 Å². The number of hydrogen-bond donors (Lipinski definition) is 2. The maximum absolute atomic E-state index is 11.7. The van der Waals surface area contributed by atoms with Crippen LogP contribution in [-0.2, 0) is 4.79 Å². The van der Waals surface area contributed by atoms with Gasteiger partial charge in [0.25, 0.3) is 0 Å². The van der Waals surface area contributed by atoms with Gasteiger partial charge in [0.05, 0.1) is 20.3 Å². The summed E-state index contributed by atoms with van der Waals surface area (Å²) in [5.74, 6) is 1.34. The summed E-state index contributed by atoms with van der Waals surface area (Å²) in [5, 5.41) is 2.90. The van der Waals surface area contributed by atoms with Crippen LogP contribution in [0.25, 0.3) is 0 Å². The van der Waals surface area contributed by atoms with Gasteiger partial charge >= 0.3 is 0 Å². The normalized spacial score (nSPS) is 13.5. The predicted molar refractivity (Wildman–Crippen MR) is 74.4 cm³/mol. The van der Waals surface area contributed by atoms with Gasteiger partial charge in [-0.25, -0.2) is 0 Å². The molecule has 3 N–H and O–H groups in total. The topological polar surface area (TPSA) is 73.6 Å². The van der Waals surface area contributed by atoms with Crippen molar-refractivity contribution in [3.63, 3.8) is 0 Å². The van der Waals surface area contributed by atoms with Gasteiger partial charge in [0.1, 0.15) is 11.5 Å². The Morgan fingerprint density at radius 3 is 2.53 bits per heavy atom. The first-order chi connectivity index (χ1) is 8.97. The summed E-state index contributed by atoms with van der Waals surface area (Å²) in [6.45, 7) is 3.71. The Morgan fingerprint density at radius 1 is 1.32 bits per heavy atom. The molecule has 1 amide bonds. The standard InChI is InChI=1S/C14H22N2O3/c1-9(15)7-14(17)16-10(2)12-6-5-11(18-3)8-13(12)19-4/h5-6,8-10H,7,15H2,1-4H3,(H,16,17). The van der Waals surface area contributed by atoms with E-state index in [1.165, 1.54) is 0 Å². The van der Waals surface area contributed by atoms with Crippen molar-refractivity contribution in [2.75, 3.05) is 14.2 Å². The van der Waals surface area contributed by atoms with Crippen LogP contribution in [0.3, 0.4) is 0 Å². The highest BCUT2D eigenvalue weighted by Crippen LogP contribution is 2.29. The lowest BCUT2D eigenvalue weighted by atomic mass is 10.1. The number of ether oxygens (including phenoxy) is 2.